The van der Waals surface area contributed by atoms with E-state index < -0.39 is 6.10 Å². The van der Waals surface area contributed by atoms with E-state index in [1.165, 1.54) is 0 Å². The van der Waals surface area contributed by atoms with Gasteiger partial charge in [0.2, 0.25) is 5.88 Å². The summed E-state index contributed by atoms with van der Waals surface area (Å²) in [5.41, 5.74) is 0.739. The number of ether oxygens (including phenoxy) is 1. The molecular formula is C13H11BrClNO2. The Hall–Kier alpha value is -1.10. The van der Waals surface area contributed by atoms with Crippen molar-refractivity contribution in [3.05, 3.63) is 51.6 Å². The minimum absolute atomic E-state index is 0.430. The van der Waals surface area contributed by atoms with Crippen molar-refractivity contribution in [2.45, 2.75) is 13.0 Å². The molecule has 94 valence electrons. The van der Waals surface area contributed by atoms with E-state index >= 15 is 0 Å². The van der Waals surface area contributed by atoms with Crippen LogP contribution in [0.3, 0.4) is 0 Å². The summed E-state index contributed by atoms with van der Waals surface area (Å²) in [6.45, 7) is 1.68. The number of halogens is 2. The SMILES string of the molecule is C[C@H](O)c1ccc(Oc2cc(Br)ccc2Cl)nc1. The summed E-state index contributed by atoms with van der Waals surface area (Å²) in [4.78, 5) is 4.11. The van der Waals surface area contributed by atoms with E-state index in [0.29, 0.717) is 16.7 Å². The van der Waals surface area contributed by atoms with E-state index in [2.05, 4.69) is 20.9 Å². The maximum Gasteiger partial charge on any atom is 0.219 e. The van der Waals surface area contributed by atoms with Gasteiger partial charge in [0, 0.05) is 16.7 Å². The van der Waals surface area contributed by atoms with Gasteiger partial charge in [0.05, 0.1) is 11.1 Å². The molecule has 1 aromatic heterocycles. The van der Waals surface area contributed by atoms with E-state index in [1.54, 1.807) is 37.4 Å². The highest BCUT2D eigenvalue weighted by Crippen LogP contribution is 2.31. The molecular weight excluding hydrogens is 318 g/mol. The summed E-state index contributed by atoms with van der Waals surface area (Å²) in [6, 6.07) is 8.80. The first-order valence-electron chi connectivity index (χ1n) is 5.33. The maximum absolute atomic E-state index is 9.38. The standard InChI is InChI=1S/C13H11BrClNO2/c1-8(17)9-2-5-13(16-7-9)18-12-6-10(14)3-4-11(12)15/h2-8,17H,1H3/t8-/m0/s1. The molecule has 1 aromatic carbocycles. The first-order chi connectivity index (χ1) is 8.56. The summed E-state index contributed by atoms with van der Waals surface area (Å²) in [5, 5.41) is 9.89. The van der Waals surface area contributed by atoms with Crippen LogP contribution < -0.4 is 4.74 Å². The summed E-state index contributed by atoms with van der Waals surface area (Å²) in [6.07, 6.45) is 1.03. The molecule has 0 aliphatic carbocycles. The predicted octanol–water partition coefficient (Wildman–Crippen LogP) is 4.34. The van der Waals surface area contributed by atoms with Crippen LogP contribution in [0.4, 0.5) is 0 Å². The van der Waals surface area contributed by atoms with Crippen molar-refractivity contribution >= 4 is 27.5 Å². The quantitative estimate of drug-likeness (QED) is 0.911. The summed E-state index contributed by atoms with van der Waals surface area (Å²) in [5.74, 6) is 0.961. The van der Waals surface area contributed by atoms with Crippen LogP contribution in [-0.2, 0) is 0 Å². The van der Waals surface area contributed by atoms with Gasteiger partial charge >= 0.3 is 0 Å². The molecule has 0 amide bonds. The first-order valence-corrected chi connectivity index (χ1v) is 6.50. The molecule has 0 bridgehead atoms. The normalized spacial score (nSPS) is 12.2. The molecule has 0 spiro atoms. The van der Waals surface area contributed by atoms with E-state index in [-0.39, 0.29) is 0 Å². The van der Waals surface area contributed by atoms with Gasteiger partial charge in [0.15, 0.2) is 0 Å². The van der Waals surface area contributed by atoms with Crippen LogP contribution in [0.2, 0.25) is 5.02 Å². The van der Waals surface area contributed by atoms with Crippen LogP contribution in [-0.4, -0.2) is 10.1 Å². The van der Waals surface area contributed by atoms with Crippen molar-refractivity contribution in [2.24, 2.45) is 0 Å². The molecule has 0 unspecified atom stereocenters. The zero-order valence-corrected chi connectivity index (χ0v) is 11.9. The van der Waals surface area contributed by atoms with Gasteiger partial charge in [-0.15, -0.1) is 0 Å². The van der Waals surface area contributed by atoms with Crippen molar-refractivity contribution < 1.29 is 9.84 Å². The predicted molar refractivity (Wildman–Crippen MR) is 74.1 cm³/mol. The fraction of sp³-hybridized carbons (Fsp3) is 0.154. The fourth-order valence-corrected chi connectivity index (χ4v) is 1.86. The molecule has 0 radical (unpaired) electrons. The Morgan fingerprint density at radius 1 is 1.33 bits per heavy atom. The summed E-state index contributed by atoms with van der Waals surface area (Å²) >= 11 is 9.36. The second-order valence-corrected chi connectivity index (χ2v) is 5.11. The molecule has 0 saturated carbocycles. The Bertz CT molecular complexity index is 543. The number of rotatable bonds is 3. The molecule has 1 heterocycles. The molecule has 2 rings (SSSR count). The van der Waals surface area contributed by atoms with Crippen LogP contribution in [0, 0.1) is 0 Å². The Morgan fingerprint density at radius 3 is 2.72 bits per heavy atom. The molecule has 0 saturated heterocycles. The lowest BCUT2D eigenvalue weighted by Crippen LogP contribution is -1.94. The number of hydrogen-bond donors (Lipinski definition) is 1. The smallest absolute Gasteiger partial charge is 0.219 e. The highest BCUT2D eigenvalue weighted by Gasteiger charge is 2.06. The average molecular weight is 329 g/mol. The van der Waals surface area contributed by atoms with Crippen LogP contribution in [0.25, 0.3) is 0 Å². The number of aromatic nitrogens is 1. The first kappa shape index (κ1) is 13.3. The second-order valence-electron chi connectivity index (χ2n) is 3.78. The number of nitrogens with zero attached hydrogens (tertiary/aromatic N) is 1. The van der Waals surface area contributed by atoms with Gasteiger partial charge in [-0.2, -0.15) is 0 Å². The summed E-state index contributed by atoms with van der Waals surface area (Å²) < 4.78 is 6.45. The fourth-order valence-electron chi connectivity index (χ4n) is 1.37. The molecule has 1 N–H and O–H groups in total. The topological polar surface area (TPSA) is 42.4 Å². The number of aliphatic hydroxyl groups is 1. The average Bonchev–Trinajstić information content (AvgIpc) is 2.34. The number of hydrogen-bond acceptors (Lipinski definition) is 3. The van der Waals surface area contributed by atoms with Crippen LogP contribution in [0.5, 0.6) is 11.6 Å². The zero-order chi connectivity index (χ0) is 13.1. The third-order valence-electron chi connectivity index (χ3n) is 2.35. The van der Waals surface area contributed by atoms with Crippen LogP contribution in [0.1, 0.15) is 18.6 Å². The molecule has 1 atom stereocenters. The van der Waals surface area contributed by atoms with E-state index in [4.69, 9.17) is 16.3 Å². The Labute approximate surface area is 119 Å². The number of aliphatic hydroxyl groups excluding tert-OH is 1. The van der Waals surface area contributed by atoms with Crippen LogP contribution >= 0.6 is 27.5 Å². The van der Waals surface area contributed by atoms with Gasteiger partial charge in [0.25, 0.3) is 0 Å². The van der Waals surface area contributed by atoms with Crippen LogP contribution in [0.15, 0.2) is 41.0 Å². The van der Waals surface area contributed by atoms with E-state index in [1.807, 2.05) is 6.07 Å². The van der Waals surface area contributed by atoms with Gasteiger partial charge in [-0.05, 0) is 36.8 Å². The summed E-state index contributed by atoms with van der Waals surface area (Å²) in [7, 11) is 0. The third-order valence-corrected chi connectivity index (χ3v) is 3.15. The molecule has 0 fully saturated rings. The van der Waals surface area contributed by atoms with E-state index in [9.17, 15) is 5.11 Å². The molecule has 2 aromatic rings. The van der Waals surface area contributed by atoms with Gasteiger partial charge < -0.3 is 9.84 Å². The Kier molecular flexibility index (Phi) is 4.22. The lowest BCUT2D eigenvalue weighted by Gasteiger charge is -2.08. The monoisotopic (exact) mass is 327 g/mol. The Morgan fingerprint density at radius 2 is 2.11 bits per heavy atom. The highest BCUT2D eigenvalue weighted by atomic mass is 79.9. The van der Waals surface area contributed by atoms with E-state index in [0.717, 1.165) is 10.0 Å². The number of pyridine rings is 1. The Balaban J connectivity index is 2.21. The van der Waals surface area contributed by atoms with Crippen molar-refractivity contribution in [1.29, 1.82) is 0 Å². The van der Waals surface area contributed by atoms with Gasteiger partial charge in [-0.3, -0.25) is 0 Å². The highest BCUT2D eigenvalue weighted by molar-refractivity contribution is 9.10. The third kappa shape index (κ3) is 3.22. The lowest BCUT2D eigenvalue weighted by atomic mass is 10.2. The number of benzene rings is 1. The van der Waals surface area contributed by atoms with Crippen molar-refractivity contribution in [1.82, 2.24) is 4.98 Å². The largest absolute Gasteiger partial charge is 0.437 e. The molecule has 5 heteroatoms. The molecule has 0 aliphatic rings. The molecule has 3 nitrogen and oxygen atoms in total. The second kappa shape index (κ2) is 5.69. The van der Waals surface area contributed by atoms with Gasteiger partial charge in [-0.1, -0.05) is 27.5 Å². The van der Waals surface area contributed by atoms with Crippen molar-refractivity contribution in [3.8, 4) is 11.6 Å². The van der Waals surface area contributed by atoms with Gasteiger partial charge in [-0.25, -0.2) is 4.98 Å². The zero-order valence-electron chi connectivity index (χ0n) is 9.60. The molecule has 0 aliphatic heterocycles. The minimum atomic E-state index is -0.541. The van der Waals surface area contributed by atoms with Crippen molar-refractivity contribution in [3.63, 3.8) is 0 Å². The maximum atomic E-state index is 9.38. The van der Waals surface area contributed by atoms with Crippen molar-refractivity contribution in [2.75, 3.05) is 0 Å². The lowest BCUT2D eigenvalue weighted by molar-refractivity contribution is 0.198. The minimum Gasteiger partial charge on any atom is -0.437 e. The molecule has 18 heavy (non-hydrogen) atoms. The van der Waals surface area contributed by atoms with Gasteiger partial charge in [0.1, 0.15) is 5.75 Å².